The third-order valence-electron chi connectivity index (χ3n) is 2.74. The fourth-order valence-electron chi connectivity index (χ4n) is 1.76. The zero-order valence-electron chi connectivity index (χ0n) is 9.57. The average Bonchev–Trinajstić information content (AvgIpc) is 2.30. The van der Waals surface area contributed by atoms with Gasteiger partial charge in [-0.15, -0.1) is 0 Å². The first-order chi connectivity index (χ1) is 7.68. The van der Waals surface area contributed by atoms with Gasteiger partial charge < -0.3 is 0 Å². The van der Waals surface area contributed by atoms with Crippen LogP contribution in [0.4, 0.5) is 0 Å². The van der Waals surface area contributed by atoms with Crippen LogP contribution in [-0.2, 0) is 0 Å². The molecule has 0 fully saturated rings. The summed E-state index contributed by atoms with van der Waals surface area (Å²) in [6.45, 7) is 4.40. The molecule has 0 bridgehead atoms. The van der Waals surface area contributed by atoms with Gasteiger partial charge in [0.05, 0.1) is 0 Å². The Hall–Kier alpha value is -1.27. The van der Waals surface area contributed by atoms with Crippen molar-refractivity contribution in [1.82, 2.24) is 0 Å². The molecule has 2 rings (SSSR count). The van der Waals surface area contributed by atoms with Crippen molar-refractivity contribution >= 4 is 11.6 Å². The lowest BCUT2D eigenvalue weighted by atomic mass is 9.97. The van der Waals surface area contributed by atoms with E-state index in [1.807, 2.05) is 18.2 Å². The second kappa shape index (κ2) is 4.71. The molecule has 2 aromatic rings. The highest BCUT2D eigenvalue weighted by Gasteiger charge is 2.04. The molecule has 0 aliphatic carbocycles. The van der Waals surface area contributed by atoms with E-state index in [0.717, 1.165) is 10.6 Å². The lowest BCUT2D eigenvalue weighted by Gasteiger charge is -2.09. The molecule has 0 aliphatic rings. The summed E-state index contributed by atoms with van der Waals surface area (Å²) in [6.07, 6.45) is 0. The highest BCUT2D eigenvalue weighted by molar-refractivity contribution is 6.33. The molecular formula is C15H15Cl. The minimum absolute atomic E-state index is 0.544. The van der Waals surface area contributed by atoms with Crippen LogP contribution in [0, 0.1) is 0 Å². The van der Waals surface area contributed by atoms with E-state index in [-0.39, 0.29) is 0 Å². The smallest absolute Gasteiger partial charge is 0.0484 e. The van der Waals surface area contributed by atoms with Crippen molar-refractivity contribution < 1.29 is 0 Å². The summed E-state index contributed by atoms with van der Waals surface area (Å²) in [7, 11) is 0. The van der Waals surface area contributed by atoms with Crippen LogP contribution in [0.3, 0.4) is 0 Å². The Morgan fingerprint density at radius 1 is 0.938 bits per heavy atom. The fraction of sp³-hybridized carbons (Fsp3) is 0.200. The SMILES string of the molecule is CC(C)c1cccc(-c2ccccc2Cl)c1. The van der Waals surface area contributed by atoms with Crippen molar-refractivity contribution in [3.05, 3.63) is 59.1 Å². The highest BCUT2D eigenvalue weighted by atomic mass is 35.5. The molecule has 0 nitrogen and oxygen atoms in total. The van der Waals surface area contributed by atoms with Gasteiger partial charge in [0.15, 0.2) is 0 Å². The maximum Gasteiger partial charge on any atom is 0.0484 e. The molecule has 0 heterocycles. The van der Waals surface area contributed by atoms with Crippen LogP contribution in [-0.4, -0.2) is 0 Å². The molecule has 16 heavy (non-hydrogen) atoms. The van der Waals surface area contributed by atoms with Gasteiger partial charge in [-0.25, -0.2) is 0 Å². The third kappa shape index (κ3) is 2.28. The number of rotatable bonds is 2. The molecule has 0 saturated carbocycles. The minimum atomic E-state index is 0.544. The first kappa shape index (κ1) is 11.2. The number of hydrogen-bond acceptors (Lipinski definition) is 0. The summed E-state index contributed by atoms with van der Waals surface area (Å²) in [5.74, 6) is 0.544. The van der Waals surface area contributed by atoms with Crippen molar-refractivity contribution in [3.8, 4) is 11.1 Å². The fourth-order valence-corrected chi connectivity index (χ4v) is 2.01. The number of hydrogen-bond donors (Lipinski definition) is 0. The zero-order chi connectivity index (χ0) is 11.5. The maximum atomic E-state index is 6.19. The Morgan fingerprint density at radius 2 is 1.69 bits per heavy atom. The molecule has 0 N–H and O–H groups in total. The summed E-state index contributed by atoms with van der Waals surface area (Å²) < 4.78 is 0. The Balaban J connectivity index is 2.49. The Bertz CT molecular complexity index is 486. The third-order valence-corrected chi connectivity index (χ3v) is 3.07. The van der Waals surface area contributed by atoms with E-state index in [1.54, 1.807) is 0 Å². The van der Waals surface area contributed by atoms with E-state index in [1.165, 1.54) is 11.1 Å². The molecule has 1 heteroatoms. The van der Waals surface area contributed by atoms with Crippen LogP contribution < -0.4 is 0 Å². The first-order valence-corrected chi connectivity index (χ1v) is 5.91. The molecule has 0 saturated heterocycles. The largest absolute Gasteiger partial charge is 0.0837 e. The van der Waals surface area contributed by atoms with Crippen molar-refractivity contribution in [1.29, 1.82) is 0 Å². The molecule has 0 aliphatic heterocycles. The van der Waals surface area contributed by atoms with E-state index in [4.69, 9.17) is 11.6 Å². The van der Waals surface area contributed by atoms with E-state index < -0.39 is 0 Å². The summed E-state index contributed by atoms with van der Waals surface area (Å²) in [4.78, 5) is 0. The zero-order valence-corrected chi connectivity index (χ0v) is 10.3. The van der Waals surface area contributed by atoms with Gasteiger partial charge in [-0.05, 0) is 23.1 Å². The van der Waals surface area contributed by atoms with Gasteiger partial charge in [-0.3, -0.25) is 0 Å². The second-order valence-electron chi connectivity index (χ2n) is 4.26. The number of benzene rings is 2. The van der Waals surface area contributed by atoms with Crippen LogP contribution in [0.2, 0.25) is 5.02 Å². The molecule has 0 radical (unpaired) electrons. The predicted octanol–water partition coefficient (Wildman–Crippen LogP) is 5.13. The first-order valence-electron chi connectivity index (χ1n) is 5.53. The predicted molar refractivity (Wildman–Crippen MR) is 71.0 cm³/mol. The monoisotopic (exact) mass is 230 g/mol. The van der Waals surface area contributed by atoms with Gasteiger partial charge in [0.25, 0.3) is 0 Å². The van der Waals surface area contributed by atoms with Gasteiger partial charge in [0, 0.05) is 10.6 Å². The van der Waals surface area contributed by atoms with E-state index in [9.17, 15) is 0 Å². The normalized spacial score (nSPS) is 10.8. The van der Waals surface area contributed by atoms with Crippen LogP contribution in [0.5, 0.6) is 0 Å². The van der Waals surface area contributed by atoms with Crippen LogP contribution in [0.15, 0.2) is 48.5 Å². The van der Waals surface area contributed by atoms with E-state index >= 15 is 0 Å². The molecule has 82 valence electrons. The minimum Gasteiger partial charge on any atom is -0.0837 e. The van der Waals surface area contributed by atoms with Gasteiger partial charge in [-0.2, -0.15) is 0 Å². The van der Waals surface area contributed by atoms with Gasteiger partial charge >= 0.3 is 0 Å². The van der Waals surface area contributed by atoms with Gasteiger partial charge in [0.1, 0.15) is 0 Å². The van der Waals surface area contributed by atoms with Crippen molar-refractivity contribution in [3.63, 3.8) is 0 Å². The van der Waals surface area contributed by atoms with Crippen molar-refractivity contribution in [2.24, 2.45) is 0 Å². The lowest BCUT2D eigenvalue weighted by Crippen LogP contribution is -1.88. The van der Waals surface area contributed by atoms with Crippen molar-refractivity contribution in [2.75, 3.05) is 0 Å². The van der Waals surface area contributed by atoms with Crippen LogP contribution in [0.25, 0.3) is 11.1 Å². The summed E-state index contributed by atoms with van der Waals surface area (Å²) in [6, 6.07) is 16.5. The van der Waals surface area contributed by atoms with Gasteiger partial charge in [0.2, 0.25) is 0 Å². The Morgan fingerprint density at radius 3 is 2.38 bits per heavy atom. The molecule has 2 aromatic carbocycles. The Labute approximate surface area is 102 Å². The molecule has 0 atom stereocenters. The maximum absolute atomic E-state index is 6.19. The van der Waals surface area contributed by atoms with Gasteiger partial charge in [-0.1, -0.05) is 67.9 Å². The topological polar surface area (TPSA) is 0 Å². The average molecular weight is 231 g/mol. The summed E-state index contributed by atoms with van der Waals surface area (Å²) in [5.41, 5.74) is 3.64. The summed E-state index contributed by atoms with van der Waals surface area (Å²) >= 11 is 6.19. The molecule has 0 spiro atoms. The quantitative estimate of drug-likeness (QED) is 0.671. The molecule has 0 aromatic heterocycles. The number of halogens is 1. The highest BCUT2D eigenvalue weighted by Crippen LogP contribution is 2.29. The van der Waals surface area contributed by atoms with E-state index in [2.05, 4.69) is 44.2 Å². The standard InChI is InChI=1S/C15H15Cl/c1-11(2)12-6-5-7-13(10-12)14-8-3-4-9-15(14)16/h3-11H,1-2H3. The lowest BCUT2D eigenvalue weighted by molar-refractivity contribution is 0.867. The summed E-state index contributed by atoms with van der Waals surface area (Å²) in [5, 5.41) is 0.809. The van der Waals surface area contributed by atoms with Crippen LogP contribution >= 0.6 is 11.6 Å². The molecule has 0 amide bonds. The second-order valence-corrected chi connectivity index (χ2v) is 4.67. The Kier molecular flexibility index (Phi) is 3.31. The van der Waals surface area contributed by atoms with E-state index in [0.29, 0.717) is 5.92 Å². The van der Waals surface area contributed by atoms with Crippen molar-refractivity contribution in [2.45, 2.75) is 19.8 Å². The van der Waals surface area contributed by atoms with Crippen LogP contribution in [0.1, 0.15) is 25.3 Å². The molecule has 0 unspecified atom stereocenters. The molecular weight excluding hydrogens is 216 g/mol.